The van der Waals surface area contributed by atoms with Gasteiger partial charge in [0.25, 0.3) is 0 Å². The Kier molecular flexibility index (Phi) is 6.74. The molecule has 2 atom stereocenters. The van der Waals surface area contributed by atoms with E-state index in [2.05, 4.69) is 40.9 Å². The topological polar surface area (TPSA) is 44.7 Å². The third-order valence-corrected chi connectivity index (χ3v) is 4.21. The minimum atomic E-state index is 0.272. The molecule has 130 valence electrons. The van der Waals surface area contributed by atoms with E-state index in [9.17, 15) is 0 Å². The standard InChI is InChI=1S/C17H31N5O/c1-20(2)8-9-22(5)13-16-7-6-15(23-16)10-14-11-18-12-17(19-14)21(3)4/h11-12,15-16H,6-10,13H2,1-5H3/t15-,16+/m0/s1. The van der Waals surface area contributed by atoms with E-state index in [1.165, 1.54) is 0 Å². The lowest BCUT2D eigenvalue weighted by Gasteiger charge is -2.23. The smallest absolute Gasteiger partial charge is 0.146 e. The Hall–Kier alpha value is -1.24. The molecule has 6 heteroatoms. The van der Waals surface area contributed by atoms with Gasteiger partial charge in [0.1, 0.15) is 5.82 Å². The number of aromatic nitrogens is 2. The van der Waals surface area contributed by atoms with E-state index in [0.29, 0.717) is 6.10 Å². The van der Waals surface area contributed by atoms with Crippen LogP contribution in [-0.2, 0) is 11.2 Å². The van der Waals surface area contributed by atoms with Crippen molar-refractivity contribution in [1.82, 2.24) is 19.8 Å². The van der Waals surface area contributed by atoms with Crippen LogP contribution in [0.1, 0.15) is 18.5 Å². The number of hydrogen-bond donors (Lipinski definition) is 0. The van der Waals surface area contributed by atoms with Gasteiger partial charge in [0, 0.05) is 46.3 Å². The summed E-state index contributed by atoms with van der Waals surface area (Å²) in [5.41, 5.74) is 1.02. The second-order valence-electron chi connectivity index (χ2n) is 6.99. The highest BCUT2D eigenvalue weighted by Gasteiger charge is 2.26. The number of rotatable bonds is 8. The quantitative estimate of drug-likeness (QED) is 0.715. The van der Waals surface area contributed by atoms with Crippen LogP contribution < -0.4 is 4.90 Å². The van der Waals surface area contributed by atoms with Crippen LogP contribution in [0.25, 0.3) is 0 Å². The van der Waals surface area contributed by atoms with Crippen molar-refractivity contribution in [2.75, 3.05) is 59.8 Å². The fraction of sp³-hybridized carbons (Fsp3) is 0.765. The van der Waals surface area contributed by atoms with E-state index >= 15 is 0 Å². The molecule has 1 aliphatic rings. The van der Waals surface area contributed by atoms with Crippen LogP contribution in [0.4, 0.5) is 5.82 Å². The molecule has 0 N–H and O–H groups in total. The Balaban J connectivity index is 1.78. The summed E-state index contributed by atoms with van der Waals surface area (Å²) in [6.45, 7) is 3.17. The summed E-state index contributed by atoms with van der Waals surface area (Å²) in [5.74, 6) is 0.903. The zero-order valence-corrected chi connectivity index (χ0v) is 15.2. The van der Waals surface area contributed by atoms with E-state index in [1.54, 1.807) is 6.20 Å². The van der Waals surface area contributed by atoms with Crippen molar-refractivity contribution in [3.8, 4) is 0 Å². The lowest BCUT2D eigenvalue weighted by molar-refractivity contribution is 0.0267. The van der Waals surface area contributed by atoms with Gasteiger partial charge in [0.05, 0.1) is 24.1 Å². The highest BCUT2D eigenvalue weighted by atomic mass is 16.5. The van der Waals surface area contributed by atoms with Gasteiger partial charge < -0.3 is 19.4 Å². The van der Waals surface area contributed by atoms with Gasteiger partial charge in [0.2, 0.25) is 0 Å². The summed E-state index contributed by atoms with van der Waals surface area (Å²) in [5, 5.41) is 0. The molecular formula is C17H31N5O. The highest BCUT2D eigenvalue weighted by Crippen LogP contribution is 2.23. The van der Waals surface area contributed by atoms with Crippen LogP contribution >= 0.6 is 0 Å². The Labute approximate surface area is 140 Å². The predicted octanol–water partition coefficient (Wildman–Crippen LogP) is 1.13. The van der Waals surface area contributed by atoms with Crippen molar-refractivity contribution < 1.29 is 4.74 Å². The predicted molar refractivity (Wildman–Crippen MR) is 94.0 cm³/mol. The maximum atomic E-state index is 6.21. The van der Waals surface area contributed by atoms with E-state index in [0.717, 1.165) is 50.4 Å². The third-order valence-electron chi connectivity index (χ3n) is 4.21. The largest absolute Gasteiger partial charge is 0.373 e. The first-order chi connectivity index (χ1) is 10.9. The van der Waals surface area contributed by atoms with Crippen LogP contribution in [-0.4, -0.2) is 86.8 Å². The molecule has 1 aromatic rings. The molecular weight excluding hydrogens is 290 g/mol. The van der Waals surface area contributed by atoms with Gasteiger partial charge in [-0.25, -0.2) is 4.98 Å². The summed E-state index contributed by atoms with van der Waals surface area (Å²) in [6, 6.07) is 0. The van der Waals surface area contributed by atoms with Crippen LogP contribution in [0.3, 0.4) is 0 Å². The molecule has 1 saturated heterocycles. The molecule has 0 unspecified atom stereocenters. The van der Waals surface area contributed by atoms with E-state index in [-0.39, 0.29) is 6.10 Å². The van der Waals surface area contributed by atoms with E-state index in [1.807, 2.05) is 25.2 Å². The summed E-state index contributed by atoms with van der Waals surface area (Å²) in [6.07, 6.45) is 7.37. The first kappa shape index (κ1) is 18.1. The first-order valence-corrected chi connectivity index (χ1v) is 8.41. The molecule has 0 aliphatic carbocycles. The van der Waals surface area contributed by atoms with Gasteiger partial charge in [-0.2, -0.15) is 0 Å². The van der Waals surface area contributed by atoms with Crippen LogP contribution in [0.5, 0.6) is 0 Å². The summed E-state index contributed by atoms with van der Waals surface area (Å²) in [4.78, 5) is 15.5. The molecule has 0 saturated carbocycles. The Morgan fingerprint density at radius 1 is 1.04 bits per heavy atom. The average Bonchev–Trinajstić information content (AvgIpc) is 2.92. The monoisotopic (exact) mass is 321 g/mol. The lowest BCUT2D eigenvalue weighted by Crippen LogP contribution is -2.34. The zero-order chi connectivity index (χ0) is 16.8. The molecule has 23 heavy (non-hydrogen) atoms. The van der Waals surface area contributed by atoms with Crippen molar-refractivity contribution in [3.05, 3.63) is 18.1 Å². The molecule has 1 fully saturated rings. The third kappa shape index (κ3) is 6.05. The van der Waals surface area contributed by atoms with E-state index < -0.39 is 0 Å². The highest BCUT2D eigenvalue weighted by molar-refractivity contribution is 5.33. The molecule has 1 aliphatic heterocycles. The SMILES string of the molecule is CN(C)CCN(C)C[C@H]1CC[C@@H](Cc2cncc(N(C)C)n2)O1. The van der Waals surface area contributed by atoms with Crippen LogP contribution in [0, 0.1) is 0 Å². The van der Waals surface area contributed by atoms with E-state index in [4.69, 9.17) is 4.74 Å². The second-order valence-corrected chi connectivity index (χ2v) is 6.99. The summed E-state index contributed by atoms with van der Waals surface area (Å²) < 4.78 is 6.21. The molecule has 0 bridgehead atoms. The van der Waals surface area contributed by atoms with Crippen molar-refractivity contribution in [2.45, 2.75) is 31.5 Å². The van der Waals surface area contributed by atoms with Gasteiger partial charge in [0.15, 0.2) is 0 Å². The number of anilines is 1. The fourth-order valence-corrected chi connectivity index (χ4v) is 2.82. The molecule has 6 nitrogen and oxygen atoms in total. The Morgan fingerprint density at radius 3 is 2.48 bits per heavy atom. The van der Waals surface area contributed by atoms with Crippen LogP contribution in [0.15, 0.2) is 12.4 Å². The molecule has 0 aromatic carbocycles. The first-order valence-electron chi connectivity index (χ1n) is 8.41. The van der Waals surface area contributed by atoms with Crippen molar-refractivity contribution >= 4 is 5.82 Å². The normalized spacial score (nSPS) is 21.3. The minimum Gasteiger partial charge on any atom is -0.373 e. The average molecular weight is 321 g/mol. The van der Waals surface area contributed by atoms with Gasteiger partial charge in [-0.3, -0.25) is 4.98 Å². The molecule has 0 spiro atoms. The lowest BCUT2D eigenvalue weighted by atomic mass is 10.1. The number of hydrogen-bond acceptors (Lipinski definition) is 6. The fourth-order valence-electron chi connectivity index (χ4n) is 2.82. The van der Waals surface area contributed by atoms with Crippen molar-refractivity contribution in [2.24, 2.45) is 0 Å². The maximum absolute atomic E-state index is 6.21. The van der Waals surface area contributed by atoms with Gasteiger partial charge in [-0.1, -0.05) is 0 Å². The van der Waals surface area contributed by atoms with Gasteiger partial charge >= 0.3 is 0 Å². The maximum Gasteiger partial charge on any atom is 0.146 e. The molecule has 0 radical (unpaired) electrons. The minimum absolute atomic E-state index is 0.272. The van der Waals surface area contributed by atoms with Crippen molar-refractivity contribution in [1.29, 1.82) is 0 Å². The van der Waals surface area contributed by atoms with Crippen molar-refractivity contribution in [3.63, 3.8) is 0 Å². The molecule has 0 amide bonds. The molecule has 2 heterocycles. The molecule has 1 aromatic heterocycles. The zero-order valence-electron chi connectivity index (χ0n) is 15.2. The second kappa shape index (κ2) is 8.57. The molecule has 2 rings (SSSR count). The Bertz CT molecular complexity index is 480. The van der Waals surface area contributed by atoms with Gasteiger partial charge in [-0.15, -0.1) is 0 Å². The number of ether oxygens (including phenoxy) is 1. The van der Waals surface area contributed by atoms with Crippen LogP contribution in [0.2, 0.25) is 0 Å². The summed E-state index contributed by atoms with van der Waals surface area (Å²) >= 11 is 0. The van der Waals surface area contributed by atoms with Gasteiger partial charge in [-0.05, 0) is 34.0 Å². The number of likely N-dealkylation sites (N-methyl/N-ethyl adjacent to an activating group) is 2. The number of nitrogens with zero attached hydrogens (tertiary/aromatic N) is 5. The Morgan fingerprint density at radius 2 is 1.78 bits per heavy atom. The summed E-state index contributed by atoms with van der Waals surface area (Å²) in [7, 11) is 10.4.